The molecule has 0 heterocycles. The topological polar surface area (TPSA) is 75.7 Å². The highest BCUT2D eigenvalue weighted by atomic mass is 32.2. The molecule has 1 N–H and O–H groups in total. The van der Waals surface area contributed by atoms with Crippen molar-refractivity contribution in [3.05, 3.63) is 59.9 Å². The number of benzene rings is 2. The van der Waals surface area contributed by atoms with Crippen molar-refractivity contribution in [3.63, 3.8) is 0 Å². The van der Waals surface area contributed by atoms with Crippen molar-refractivity contribution in [2.75, 3.05) is 6.54 Å². The Morgan fingerprint density at radius 3 is 2.45 bits per heavy atom. The van der Waals surface area contributed by atoms with Crippen LogP contribution in [0.15, 0.2) is 53.4 Å². The second-order valence-corrected chi connectivity index (χ2v) is 9.07. The number of carbonyl (C=O) groups is 1. The first kappa shape index (κ1) is 21.1. The molecule has 3 rings (SSSR count). The van der Waals surface area contributed by atoms with E-state index in [9.17, 15) is 17.6 Å². The number of hydrogen-bond donors (Lipinski definition) is 1. The minimum atomic E-state index is -4.12. The van der Waals surface area contributed by atoms with Crippen molar-refractivity contribution >= 4 is 16.1 Å². The Balaban J connectivity index is 1.81. The lowest BCUT2D eigenvalue weighted by Crippen LogP contribution is -2.43. The lowest BCUT2D eigenvalue weighted by Gasteiger charge is -2.25. The van der Waals surface area contributed by atoms with E-state index in [-0.39, 0.29) is 29.3 Å². The zero-order valence-electron chi connectivity index (χ0n) is 16.5. The fraction of sp³-hybridized carbons (Fsp3) is 0.381. The van der Waals surface area contributed by atoms with Crippen molar-refractivity contribution in [3.8, 4) is 5.75 Å². The average Bonchev–Trinajstić information content (AvgIpc) is 3.46. The van der Waals surface area contributed by atoms with Gasteiger partial charge in [0.05, 0.1) is 6.54 Å². The number of carbonyl (C=O) groups excluding carboxylic acids is 1. The van der Waals surface area contributed by atoms with Gasteiger partial charge in [-0.3, -0.25) is 0 Å². The first-order valence-electron chi connectivity index (χ1n) is 9.58. The molecule has 1 fully saturated rings. The van der Waals surface area contributed by atoms with Crippen LogP contribution in [-0.4, -0.2) is 31.9 Å². The van der Waals surface area contributed by atoms with Crippen molar-refractivity contribution in [1.82, 2.24) is 10.2 Å². The number of urea groups is 1. The van der Waals surface area contributed by atoms with Gasteiger partial charge in [-0.05, 0) is 62.9 Å². The molecule has 2 amide bonds. The Morgan fingerprint density at radius 1 is 1.17 bits per heavy atom. The average molecular weight is 421 g/mol. The van der Waals surface area contributed by atoms with Gasteiger partial charge in [-0.15, -0.1) is 0 Å². The Bertz CT molecular complexity index is 957. The maximum Gasteiger partial charge on any atom is 0.339 e. The van der Waals surface area contributed by atoms with Crippen LogP contribution in [-0.2, 0) is 16.7 Å². The number of nitrogens with zero attached hydrogens (tertiary/aromatic N) is 1. The zero-order valence-corrected chi connectivity index (χ0v) is 17.3. The molecule has 0 saturated heterocycles. The summed E-state index contributed by atoms with van der Waals surface area (Å²) in [5.41, 5.74) is 0.581. The summed E-state index contributed by atoms with van der Waals surface area (Å²) < 4.78 is 43.6. The summed E-state index contributed by atoms with van der Waals surface area (Å²) in [6.45, 7) is 4.61. The van der Waals surface area contributed by atoms with E-state index in [0.717, 1.165) is 37.1 Å². The Kier molecular flexibility index (Phi) is 6.42. The number of amides is 2. The van der Waals surface area contributed by atoms with Crippen molar-refractivity contribution in [2.24, 2.45) is 5.92 Å². The first-order chi connectivity index (χ1) is 13.7. The van der Waals surface area contributed by atoms with E-state index in [0.29, 0.717) is 18.0 Å². The lowest BCUT2D eigenvalue weighted by atomic mass is 10.2. The van der Waals surface area contributed by atoms with Gasteiger partial charge >= 0.3 is 16.1 Å². The quantitative estimate of drug-likeness (QED) is 0.657. The highest BCUT2D eigenvalue weighted by Crippen LogP contribution is 2.31. The van der Waals surface area contributed by atoms with Crippen LogP contribution >= 0.6 is 0 Å². The van der Waals surface area contributed by atoms with Gasteiger partial charge in [0, 0.05) is 18.2 Å². The zero-order chi connectivity index (χ0) is 21.0. The molecule has 0 aliphatic heterocycles. The number of rotatable bonds is 8. The number of nitrogens with one attached hydrogen (secondary N) is 1. The molecule has 0 aromatic heterocycles. The summed E-state index contributed by atoms with van der Waals surface area (Å²) in [5, 5.41) is 2.89. The molecular weight excluding hydrogens is 395 g/mol. The van der Waals surface area contributed by atoms with Crippen LogP contribution in [0.3, 0.4) is 0 Å². The fourth-order valence-corrected chi connectivity index (χ4v) is 3.82. The van der Waals surface area contributed by atoms with Crippen molar-refractivity contribution in [1.29, 1.82) is 0 Å². The molecule has 8 heteroatoms. The highest BCUT2D eigenvalue weighted by molar-refractivity contribution is 7.87. The fourth-order valence-electron chi connectivity index (χ4n) is 2.86. The predicted molar refractivity (Wildman–Crippen MR) is 107 cm³/mol. The molecule has 156 valence electrons. The van der Waals surface area contributed by atoms with E-state index in [1.54, 1.807) is 29.2 Å². The summed E-state index contributed by atoms with van der Waals surface area (Å²) in [6.07, 6.45) is 2.17. The maximum atomic E-state index is 13.1. The summed E-state index contributed by atoms with van der Waals surface area (Å²) in [5.74, 6) is 0.0927. The van der Waals surface area contributed by atoms with Crippen molar-refractivity contribution < 1.29 is 21.8 Å². The summed E-state index contributed by atoms with van der Waals surface area (Å²) in [7, 11) is -4.12. The van der Waals surface area contributed by atoms with Crippen LogP contribution in [0.2, 0.25) is 0 Å². The third-order valence-corrected chi connectivity index (χ3v) is 5.76. The summed E-state index contributed by atoms with van der Waals surface area (Å²) >= 11 is 0. The molecule has 2 aromatic rings. The van der Waals surface area contributed by atoms with Crippen LogP contribution in [0.5, 0.6) is 5.75 Å². The van der Waals surface area contributed by atoms with Gasteiger partial charge in [0.15, 0.2) is 0 Å². The Morgan fingerprint density at radius 2 is 1.83 bits per heavy atom. The molecule has 1 saturated carbocycles. The van der Waals surface area contributed by atoms with Gasteiger partial charge in [0.1, 0.15) is 16.5 Å². The summed E-state index contributed by atoms with van der Waals surface area (Å²) in [4.78, 5) is 14.1. The minimum absolute atomic E-state index is 0.00505. The molecule has 0 unspecified atom stereocenters. The van der Waals surface area contributed by atoms with E-state index in [2.05, 4.69) is 5.32 Å². The molecule has 29 heavy (non-hydrogen) atoms. The maximum absolute atomic E-state index is 13.1. The molecular formula is C21H25FN2O4S. The molecule has 0 spiro atoms. The van der Waals surface area contributed by atoms with E-state index >= 15 is 0 Å². The molecule has 1 aliphatic carbocycles. The van der Waals surface area contributed by atoms with Crippen LogP contribution in [0.4, 0.5) is 9.18 Å². The smallest absolute Gasteiger partial charge is 0.339 e. The second kappa shape index (κ2) is 8.82. The Labute approximate surface area is 170 Å². The van der Waals surface area contributed by atoms with Crippen LogP contribution in [0.1, 0.15) is 32.3 Å². The van der Waals surface area contributed by atoms with Gasteiger partial charge in [-0.25, -0.2) is 9.18 Å². The highest BCUT2D eigenvalue weighted by Gasteiger charge is 2.28. The normalized spacial score (nSPS) is 13.9. The number of para-hydroxylation sites is 1. The summed E-state index contributed by atoms with van der Waals surface area (Å²) in [6, 6.07) is 11.0. The number of halogens is 1. The van der Waals surface area contributed by atoms with Gasteiger partial charge in [-0.2, -0.15) is 8.42 Å². The van der Waals surface area contributed by atoms with Crippen molar-refractivity contribution in [2.45, 2.75) is 44.2 Å². The molecule has 2 aromatic carbocycles. The SMILES string of the molecule is CC(C)NC(=O)N(Cc1ccccc1OS(=O)(=O)c1ccc(F)cc1)CC1CC1. The van der Waals surface area contributed by atoms with Crippen LogP contribution in [0, 0.1) is 11.7 Å². The molecule has 6 nitrogen and oxygen atoms in total. The molecule has 0 bridgehead atoms. The number of hydrogen-bond acceptors (Lipinski definition) is 4. The van der Waals surface area contributed by atoms with E-state index in [4.69, 9.17) is 4.18 Å². The largest absolute Gasteiger partial charge is 0.379 e. The van der Waals surface area contributed by atoms with Gasteiger partial charge in [-0.1, -0.05) is 18.2 Å². The third kappa shape index (κ3) is 5.93. The van der Waals surface area contributed by atoms with Crippen LogP contribution < -0.4 is 9.50 Å². The second-order valence-electron chi connectivity index (χ2n) is 7.53. The Hall–Kier alpha value is -2.61. The van der Waals surface area contributed by atoms with E-state index in [1.807, 2.05) is 13.8 Å². The van der Waals surface area contributed by atoms with Gasteiger partial charge in [0.2, 0.25) is 0 Å². The minimum Gasteiger partial charge on any atom is -0.379 e. The molecule has 0 radical (unpaired) electrons. The third-order valence-electron chi connectivity index (χ3n) is 4.51. The van der Waals surface area contributed by atoms with Crippen LogP contribution in [0.25, 0.3) is 0 Å². The molecule has 0 atom stereocenters. The standard InChI is InChI=1S/C21H25FN2O4S/c1-15(2)23-21(25)24(13-16-7-8-16)14-17-5-3-4-6-20(17)28-29(26,27)19-11-9-18(22)10-12-19/h3-6,9-12,15-16H,7-8,13-14H2,1-2H3,(H,23,25). The predicted octanol–water partition coefficient (Wildman–Crippen LogP) is 3.92. The van der Waals surface area contributed by atoms with E-state index < -0.39 is 15.9 Å². The van der Waals surface area contributed by atoms with E-state index in [1.165, 1.54) is 0 Å². The first-order valence-corrected chi connectivity index (χ1v) is 11.0. The lowest BCUT2D eigenvalue weighted by molar-refractivity contribution is 0.189. The monoisotopic (exact) mass is 420 g/mol. The van der Waals surface area contributed by atoms with Gasteiger partial charge < -0.3 is 14.4 Å². The van der Waals surface area contributed by atoms with Gasteiger partial charge in [0.25, 0.3) is 0 Å². The molecule has 1 aliphatic rings.